The van der Waals surface area contributed by atoms with E-state index in [4.69, 9.17) is 0 Å². The van der Waals surface area contributed by atoms with Gasteiger partial charge in [-0.2, -0.15) is 20.5 Å². The van der Waals surface area contributed by atoms with Crippen LogP contribution in [0.1, 0.15) is 34.9 Å². The Hall–Kier alpha value is -2.22. The maximum absolute atomic E-state index is 12.1. The minimum absolute atomic E-state index is 0.170. The SMILES string of the molecule is Cn1cc([C@H](NC(=O)c2cn[nH]n2)C2CC(O)C2)cn1. The van der Waals surface area contributed by atoms with E-state index >= 15 is 0 Å². The molecule has 0 bridgehead atoms. The molecule has 1 atom stereocenters. The number of H-pyrrole nitrogens is 1. The number of hydrogen-bond donors (Lipinski definition) is 3. The van der Waals surface area contributed by atoms with Gasteiger partial charge in [0, 0.05) is 18.8 Å². The first-order chi connectivity index (χ1) is 9.63. The smallest absolute Gasteiger partial charge is 0.273 e. The molecule has 1 saturated carbocycles. The van der Waals surface area contributed by atoms with Gasteiger partial charge in [0.2, 0.25) is 0 Å². The van der Waals surface area contributed by atoms with Crippen molar-refractivity contribution >= 4 is 5.91 Å². The van der Waals surface area contributed by atoms with Gasteiger partial charge < -0.3 is 10.4 Å². The zero-order valence-electron chi connectivity index (χ0n) is 11.0. The molecule has 3 rings (SSSR count). The van der Waals surface area contributed by atoms with E-state index in [1.165, 1.54) is 6.20 Å². The van der Waals surface area contributed by atoms with Crippen molar-refractivity contribution in [2.24, 2.45) is 13.0 Å². The third-order valence-corrected chi connectivity index (χ3v) is 3.64. The largest absolute Gasteiger partial charge is 0.393 e. The average Bonchev–Trinajstić information content (AvgIpc) is 3.03. The van der Waals surface area contributed by atoms with Gasteiger partial charge in [0.05, 0.1) is 24.5 Å². The van der Waals surface area contributed by atoms with Gasteiger partial charge in [-0.15, -0.1) is 0 Å². The Morgan fingerprint density at radius 2 is 2.35 bits per heavy atom. The standard InChI is InChI=1S/C12H16N6O2/c1-18-6-8(4-14-18)11(7-2-9(19)3-7)15-12(20)10-5-13-17-16-10/h4-7,9,11,19H,2-3H2,1H3,(H,15,20)(H,13,16,17)/t7?,9?,11-/m1/s1. The number of aromatic amines is 1. The molecule has 1 amide bonds. The highest BCUT2D eigenvalue weighted by atomic mass is 16.3. The van der Waals surface area contributed by atoms with E-state index in [0.29, 0.717) is 12.8 Å². The summed E-state index contributed by atoms with van der Waals surface area (Å²) in [4.78, 5) is 12.1. The van der Waals surface area contributed by atoms with Gasteiger partial charge in [-0.25, -0.2) is 0 Å². The Kier molecular flexibility index (Phi) is 3.23. The number of carbonyl (C=O) groups is 1. The number of rotatable bonds is 4. The number of aliphatic hydroxyl groups is 1. The lowest BCUT2D eigenvalue weighted by Gasteiger charge is -2.37. The van der Waals surface area contributed by atoms with Gasteiger partial charge in [-0.3, -0.25) is 9.48 Å². The van der Waals surface area contributed by atoms with Gasteiger partial charge >= 0.3 is 0 Å². The quantitative estimate of drug-likeness (QED) is 0.715. The number of aryl methyl sites for hydroxylation is 1. The zero-order valence-corrected chi connectivity index (χ0v) is 11.0. The van der Waals surface area contributed by atoms with Gasteiger partial charge in [0.25, 0.3) is 5.91 Å². The Balaban J connectivity index is 1.77. The van der Waals surface area contributed by atoms with Crippen LogP contribution in [0.5, 0.6) is 0 Å². The van der Waals surface area contributed by atoms with Crippen molar-refractivity contribution in [3.05, 3.63) is 29.8 Å². The van der Waals surface area contributed by atoms with Gasteiger partial charge in [-0.1, -0.05) is 0 Å². The molecule has 2 aromatic rings. The molecule has 106 valence electrons. The van der Waals surface area contributed by atoms with E-state index in [-0.39, 0.29) is 29.7 Å². The molecule has 0 saturated heterocycles. The second-order valence-electron chi connectivity index (χ2n) is 5.14. The molecule has 20 heavy (non-hydrogen) atoms. The first-order valence-electron chi connectivity index (χ1n) is 6.46. The van der Waals surface area contributed by atoms with E-state index in [1.807, 2.05) is 13.2 Å². The lowest BCUT2D eigenvalue weighted by atomic mass is 9.75. The molecular weight excluding hydrogens is 260 g/mol. The van der Waals surface area contributed by atoms with Crippen LogP contribution in [0.3, 0.4) is 0 Å². The van der Waals surface area contributed by atoms with E-state index in [9.17, 15) is 9.90 Å². The molecule has 0 aliphatic heterocycles. The first kappa shape index (κ1) is 12.8. The molecule has 0 spiro atoms. The number of nitrogens with one attached hydrogen (secondary N) is 2. The lowest BCUT2D eigenvalue weighted by molar-refractivity contribution is 0.0234. The Morgan fingerprint density at radius 1 is 1.55 bits per heavy atom. The maximum Gasteiger partial charge on any atom is 0.273 e. The third kappa shape index (κ3) is 2.42. The summed E-state index contributed by atoms with van der Waals surface area (Å²) in [5.41, 5.74) is 1.18. The third-order valence-electron chi connectivity index (χ3n) is 3.64. The van der Waals surface area contributed by atoms with Crippen LogP contribution in [0.25, 0.3) is 0 Å². The van der Waals surface area contributed by atoms with Crippen molar-refractivity contribution in [3.8, 4) is 0 Å². The summed E-state index contributed by atoms with van der Waals surface area (Å²) in [6.45, 7) is 0. The van der Waals surface area contributed by atoms with Crippen molar-refractivity contribution in [2.75, 3.05) is 0 Å². The molecule has 1 aliphatic rings. The van der Waals surface area contributed by atoms with Gasteiger partial charge in [0.1, 0.15) is 0 Å². The molecule has 0 radical (unpaired) electrons. The van der Waals surface area contributed by atoms with E-state index in [1.54, 1.807) is 10.9 Å². The number of nitrogens with zero attached hydrogens (tertiary/aromatic N) is 4. The highest BCUT2D eigenvalue weighted by Crippen LogP contribution is 2.38. The summed E-state index contributed by atoms with van der Waals surface area (Å²) >= 11 is 0. The average molecular weight is 276 g/mol. The fourth-order valence-corrected chi connectivity index (χ4v) is 2.50. The summed E-state index contributed by atoms with van der Waals surface area (Å²) in [7, 11) is 1.83. The van der Waals surface area contributed by atoms with Crippen LogP contribution in [0.4, 0.5) is 0 Å². The van der Waals surface area contributed by atoms with E-state index in [0.717, 1.165) is 5.56 Å². The van der Waals surface area contributed by atoms with Crippen LogP contribution in [0.15, 0.2) is 18.6 Å². The Bertz CT molecular complexity index is 587. The van der Waals surface area contributed by atoms with E-state index in [2.05, 4.69) is 25.8 Å². The fraction of sp³-hybridized carbons (Fsp3) is 0.500. The Labute approximate surface area is 115 Å². The van der Waals surface area contributed by atoms with Crippen molar-refractivity contribution in [2.45, 2.75) is 25.0 Å². The topological polar surface area (TPSA) is 109 Å². The normalized spacial score (nSPS) is 23.1. The molecule has 2 aromatic heterocycles. The predicted octanol–water partition coefficient (Wildman–Crippen LogP) is -0.220. The molecule has 3 N–H and O–H groups in total. The van der Waals surface area contributed by atoms with Crippen molar-refractivity contribution in [1.82, 2.24) is 30.5 Å². The molecule has 0 aromatic carbocycles. The molecule has 2 heterocycles. The van der Waals surface area contributed by atoms with Gasteiger partial charge in [0.15, 0.2) is 5.69 Å². The van der Waals surface area contributed by atoms with Crippen LogP contribution in [-0.4, -0.2) is 42.3 Å². The molecule has 1 fully saturated rings. The molecule has 1 aliphatic carbocycles. The second-order valence-corrected chi connectivity index (χ2v) is 5.14. The monoisotopic (exact) mass is 276 g/mol. The summed E-state index contributed by atoms with van der Waals surface area (Å²) in [6.07, 6.45) is 6.07. The Morgan fingerprint density at radius 3 is 2.90 bits per heavy atom. The lowest BCUT2D eigenvalue weighted by Crippen LogP contribution is -2.41. The van der Waals surface area contributed by atoms with Crippen molar-refractivity contribution in [3.63, 3.8) is 0 Å². The highest BCUT2D eigenvalue weighted by Gasteiger charge is 2.36. The predicted molar refractivity (Wildman–Crippen MR) is 68.5 cm³/mol. The molecule has 8 nitrogen and oxygen atoms in total. The van der Waals surface area contributed by atoms with Crippen LogP contribution >= 0.6 is 0 Å². The first-order valence-corrected chi connectivity index (χ1v) is 6.46. The number of hydrogen-bond acceptors (Lipinski definition) is 5. The highest BCUT2D eigenvalue weighted by molar-refractivity contribution is 5.92. The van der Waals surface area contributed by atoms with E-state index < -0.39 is 0 Å². The van der Waals surface area contributed by atoms with Crippen LogP contribution in [0, 0.1) is 5.92 Å². The number of aromatic nitrogens is 5. The second kappa shape index (κ2) is 5.04. The maximum atomic E-state index is 12.1. The molecule has 8 heteroatoms. The summed E-state index contributed by atoms with van der Waals surface area (Å²) < 4.78 is 1.69. The number of amides is 1. The number of carbonyl (C=O) groups excluding carboxylic acids is 1. The van der Waals surface area contributed by atoms with Crippen LogP contribution in [-0.2, 0) is 7.05 Å². The summed E-state index contributed by atoms with van der Waals surface area (Å²) in [5.74, 6) is -0.0703. The minimum atomic E-state index is -0.283. The molecule has 0 unspecified atom stereocenters. The van der Waals surface area contributed by atoms with Crippen LogP contribution < -0.4 is 5.32 Å². The summed E-state index contributed by atoms with van der Waals surface area (Å²) in [5, 5.41) is 26.4. The zero-order chi connectivity index (χ0) is 14.1. The fourth-order valence-electron chi connectivity index (χ4n) is 2.50. The molecular formula is C12H16N6O2. The minimum Gasteiger partial charge on any atom is -0.393 e. The van der Waals surface area contributed by atoms with Gasteiger partial charge in [-0.05, 0) is 18.8 Å². The van der Waals surface area contributed by atoms with Crippen molar-refractivity contribution in [1.29, 1.82) is 0 Å². The van der Waals surface area contributed by atoms with Crippen LogP contribution in [0.2, 0.25) is 0 Å². The number of aliphatic hydroxyl groups excluding tert-OH is 1. The summed E-state index contributed by atoms with van der Waals surface area (Å²) in [6, 6.07) is -0.170. The van der Waals surface area contributed by atoms with Crippen molar-refractivity contribution < 1.29 is 9.90 Å².